The number of rotatable bonds is 5. The highest BCUT2D eigenvalue weighted by atomic mass is 16.2. The van der Waals surface area contributed by atoms with Crippen LogP contribution in [-0.4, -0.2) is 11.8 Å². The number of nitrogens with one attached hydrogen (secondary N) is 2. The minimum atomic E-state index is -0.0707. The molecule has 0 bridgehead atoms. The summed E-state index contributed by atoms with van der Waals surface area (Å²) in [5.74, 6) is 0.147. The van der Waals surface area contributed by atoms with Crippen molar-refractivity contribution in [1.29, 1.82) is 0 Å². The van der Waals surface area contributed by atoms with Crippen LogP contribution in [0.5, 0.6) is 0 Å². The minimum absolute atomic E-state index is 0.0707. The average Bonchev–Trinajstić information content (AvgIpc) is 2.46. The Balaban J connectivity index is 1.58. The molecule has 0 heterocycles. The van der Waals surface area contributed by atoms with Crippen molar-refractivity contribution in [3.8, 4) is 0 Å². The van der Waals surface area contributed by atoms with Gasteiger partial charge in [-0.3, -0.25) is 9.59 Å². The first-order chi connectivity index (χ1) is 11.2. The number of benzene rings is 2. The summed E-state index contributed by atoms with van der Waals surface area (Å²) in [7, 11) is 0. The van der Waals surface area contributed by atoms with E-state index in [0.29, 0.717) is 12.1 Å². The number of hydrogen-bond acceptors (Lipinski definition) is 2. The molecule has 1 aliphatic rings. The third kappa shape index (κ3) is 4.19. The summed E-state index contributed by atoms with van der Waals surface area (Å²) >= 11 is 0. The predicted molar refractivity (Wildman–Crippen MR) is 91.2 cm³/mol. The topological polar surface area (TPSA) is 58.2 Å². The summed E-state index contributed by atoms with van der Waals surface area (Å²) in [6.45, 7) is 0. The van der Waals surface area contributed by atoms with Gasteiger partial charge < -0.3 is 10.6 Å². The van der Waals surface area contributed by atoms with Crippen molar-refractivity contribution in [2.75, 3.05) is 10.6 Å². The van der Waals surface area contributed by atoms with Crippen LogP contribution in [0.15, 0.2) is 54.6 Å². The van der Waals surface area contributed by atoms with Gasteiger partial charge in [-0.15, -0.1) is 0 Å². The Labute approximate surface area is 135 Å². The number of carbonyl (C=O) groups excluding carboxylic acids is 2. The highest BCUT2D eigenvalue weighted by Crippen LogP contribution is 2.28. The van der Waals surface area contributed by atoms with E-state index in [1.165, 1.54) is 0 Å². The van der Waals surface area contributed by atoms with E-state index >= 15 is 0 Å². The maximum Gasteiger partial charge on any atom is 0.228 e. The van der Waals surface area contributed by atoms with E-state index in [9.17, 15) is 9.59 Å². The first kappa shape index (κ1) is 15.3. The fourth-order valence-electron chi connectivity index (χ4n) is 2.58. The van der Waals surface area contributed by atoms with Crippen molar-refractivity contribution in [1.82, 2.24) is 0 Å². The van der Waals surface area contributed by atoms with Gasteiger partial charge in [0.15, 0.2) is 0 Å². The molecule has 2 aromatic rings. The van der Waals surface area contributed by atoms with E-state index in [-0.39, 0.29) is 17.7 Å². The van der Waals surface area contributed by atoms with E-state index in [4.69, 9.17) is 0 Å². The van der Waals surface area contributed by atoms with Gasteiger partial charge in [-0.25, -0.2) is 0 Å². The molecule has 118 valence electrons. The van der Waals surface area contributed by atoms with E-state index in [0.717, 1.165) is 30.5 Å². The third-order valence-electron chi connectivity index (χ3n) is 4.10. The van der Waals surface area contributed by atoms with Crippen LogP contribution >= 0.6 is 0 Å². The fourth-order valence-corrected chi connectivity index (χ4v) is 2.58. The lowest BCUT2D eigenvalue weighted by Crippen LogP contribution is -2.28. The van der Waals surface area contributed by atoms with Crippen molar-refractivity contribution >= 4 is 23.2 Å². The van der Waals surface area contributed by atoms with Crippen LogP contribution in [0, 0.1) is 5.92 Å². The summed E-state index contributed by atoms with van der Waals surface area (Å²) in [5, 5.41) is 5.79. The molecule has 23 heavy (non-hydrogen) atoms. The van der Waals surface area contributed by atoms with Crippen LogP contribution in [0.25, 0.3) is 0 Å². The van der Waals surface area contributed by atoms with Gasteiger partial charge in [0, 0.05) is 17.3 Å². The van der Waals surface area contributed by atoms with Gasteiger partial charge >= 0.3 is 0 Å². The summed E-state index contributed by atoms with van der Waals surface area (Å²) < 4.78 is 0. The molecular weight excluding hydrogens is 288 g/mol. The molecule has 2 N–H and O–H groups in total. The first-order valence-corrected chi connectivity index (χ1v) is 7.95. The lowest BCUT2D eigenvalue weighted by Gasteiger charge is -2.24. The Morgan fingerprint density at radius 2 is 1.61 bits per heavy atom. The van der Waals surface area contributed by atoms with Gasteiger partial charge in [0.05, 0.1) is 6.42 Å². The molecule has 2 aromatic carbocycles. The monoisotopic (exact) mass is 308 g/mol. The second-order valence-corrected chi connectivity index (χ2v) is 5.91. The lowest BCUT2D eigenvalue weighted by atomic mass is 9.85. The van der Waals surface area contributed by atoms with Crippen LogP contribution in [-0.2, 0) is 16.0 Å². The molecule has 4 heteroatoms. The molecule has 2 amide bonds. The average molecular weight is 308 g/mol. The number of carbonyl (C=O) groups is 2. The Hall–Kier alpha value is -2.62. The number of anilines is 2. The normalized spacial score (nSPS) is 13.9. The first-order valence-electron chi connectivity index (χ1n) is 7.95. The quantitative estimate of drug-likeness (QED) is 0.886. The molecule has 1 fully saturated rings. The number of hydrogen-bond donors (Lipinski definition) is 2. The van der Waals surface area contributed by atoms with Gasteiger partial charge in [-0.1, -0.05) is 42.8 Å². The van der Waals surface area contributed by atoms with E-state index < -0.39 is 0 Å². The zero-order valence-electron chi connectivity index (χ0n) is 12.9. The summed E-state index contributed by atoms with van der Waals surface area (Å²) in [6.07, 6.45) is 3.41. The predicted octanol–water partition coefficient (Wildman–Crippen LogP) is 3.61. The van der Waals surface area contributed by atoms with Gasteiger partial charge in [0.2, 0.25) is 11.8 Å². The highest BCUT2D eigenvalue weighted by molar-refractivity contribution is 5.95. The zero-order chi connectivity index (χ0) is 16.1. The molecule has 1 aliphatic carbocycles. The molecule has 4 nitrogen and oxygen atoms in total. The van der Waals surface area contributed by atoms with Crippen molar-refractivity contribution in [3.63, 3.8) is 0 Å². The van der Waals surface area contributed by atoms with Gasteiger partial charge in [0.1, 0.15) is 0 Å². The Kier molecular flexibility index (Phi) is 4.71. The van der Waals surface area contributed by atoms with Crippen molar-refractivity contribution in [2.45, 2.75) is 25.7 Å². The Bertz CT molecular complexity index is 694. The standard InChI is InChI=1S/C19H20N2O2/c22-18(12-14-6-2-1-3-7-14)20-16-10-5-11-17(13-16)21-19(23)15-8-4-9-15/h1-3,5-7,10-11,13,15H,4,8-9,12H2,(H,20,22)(H,21,23). The smallest absolute Gasteiger partial charge is 0.228 e. The second kappa shape index (κ2) is 7.09. The molecule has 0 spiro atoms. The minimum Gasteiger partial charge on any atom is -0.326 e. The number of amides is 2. The van der Waals surface area contributed by atoms with Crippen LogP contribution < -0.4 is 10.6 Å². The van der Waals surface area contributed by atoms with Crippen LogP contribution in [0.2, 0.25) is 0 Å². The summed E-state index contributed by atoms with van der Waals surface area (Å²) in [4.78, 5) is 24.1. The second-order valence-electron chi connectivity index (χ2n) is 5.91. The zero-order valence-corrected chi connectivity index (χ0v) is 12.9. The highest BCUT2D eigenvalue weighted by Gasteiger charge is 2.25. The van der Waals surface area contributed by atoms with Crippen LogP contribution in [0.3, 0.4) is 0 Å². The van der Waals surface area contributed by atoms with E-state index in [2.05, 4.69) is 10.6 Å². The third-order valence-corrected chi connectivity index (χ3v) is 4.10. The Morgan fingerprint density at radius 3 is 2.26 bits per heavy atom. The molecular formula is C19H20N2O2. The summed E-state index contributed by atoms with van der Waals surface area (Å²) in [5.41, 5.74) is 2.39. The van der Waals surface area contributed by atoms with Gasteiger partial charge in [0.25, 0.3) is 0 Å². The Morgan fingerprint density at radius 1 is 0.913 bits per heavy atom. The van der Waals surface area contributed by atoms with Gasteiger partial charge in [-0.05, 0) is 36.6 Å². The van der Waals surface area contributed by atoms with Crippen LogP contribution in [0.1, 0.15) is 24.8 Å². The van der Waals surface area contributed by atoms with E-state index in [1.54, 1.807) is 6.07 Å². The molecule has 0 aromatic heterocycles. The largest absolute Gasteiger partial charge is 0.326 e. The SMILES string of the molecule is O=C(Cc1ccccc1)Nc1cccc(NC(=O)C2CCC2)c1. The summed E-state index contributed by atoms with van der Waals surface area (Å²) in [6, 6.07) is 16.9. The lowest BCUT2D eigenvalue weighted by molar-refractivity contribution is -0.122. The van der Waals surface area contributed by atoms with E-state index in [1.807, 2.05) is 48.5 Å². The molecule has 0 radical (unpaired) electrons. The van der Waals surface area contributed by atoms with Gasteiger partial charge in [-0.2, -0.15) is 0 Å². The van der Waals surface area contributed by atoms with Crippen molar-refractivity contribution in [2.24, 2.45) is 5.92 Å². The molecule has 0 unspecified atom stereocenters. The molecule has 0 atom stereocenters. The molecule has 3 rings (SSSR count). The molecule has 0 aliphatic heterocycles. The molecule has 1 saturated carbocycles. The molecule has 0 saturated heterocycles. The van der Waals surface area contributed by atoms with Crippen molar-refractivity contribution < 1.29 is 9.59 Å². The van der Waals surface area contributed by atoms with Crippen molar-refractivity contribution in [3.05, 3.63) is 60.2 Å². The maximum atomic E-state index is 12.1. The van der Waals surface area contributed by atoms with Crippen LogP contribution in [0.4, 0.5) is 11.4 Å². The fraction of sp³-hybridized carbons (Fsp3) is 0.263. The maximum absolute atomic E-state index is 12.1.